The van der Waals surface area contributed by atoms with Gasteiger partial charge in [-0.3, -0.25) is 4.79 Å². The molecule has 16 heavy (non-hydrogen) atoms. The predicted molar refractivity (Wildman–Crippen MR) is 63.7 cm³/mol. The van der Waals surface area contributed by atoms with E-state index in [4.69, 9.17) is 4.42 Å². The lowest BCUT2D eigenvalue weighted by atomic mass is 10.2. The highest BCUT2D eigenvalue weighted by molar-refractivity contribution is 5.34. The molecule has 0 bridgehead atoms. The maximum atomic E-state index is 11.7. The van der Waals surface area contributed by atoms with E-state index in [9.17, 15) is 9.90 Å². The number of nitrogens with zero attached hydrogens (tertiary/aromatic N) is 1. The van der Waals surface area contributed by atoms with Crippen LogP contribution in [0.25, 0.3) is 12.3 Å². The third-order valence-electron chi connectivity index (χ3n) is 2.23. The Morgan fingerprint density at radius 2 is 2.19 bits per heavy atom. The standard InChI is InChI=1S/C12H17NO3/c1-8-7-11(15)12(9(2)16-8)10(14)5-6-13(3)4/h7,14H,2,5-6H2,1,3-4H3. The molecule has 0 spiro atoms. The van der Waals surface area contributed by atoms with Gasteiger partial charge in [0, 0.05) is 19.0 Å². The van der Waals surface area contributed by atoms with Crippen LogP contribution < -0.4 is 16.1 Å². The van der Waals surface area contributed by atoms with Crippen LogP contribution in [0.3, 0.4) is 0 Å². The maximum Gasteiger partial charge on any atom is 0.196 e. The molecule has 0 atom stereocenters. The Morgan fingerprint density at radius 3 is 2.69 bits per heavy atom. The molecule has 0 saturated heterocycles. The molecule has 1 rings (SSSR count). The summed E-state index contributed by atoms with van der Waals surface area (Å²) in [7, 11) is 3.80. The zero-order valence-corrected chi connectivity index (χ0v) is 9.91. The Balaban J connectivity index is 3.26. The molecule has 0 aliphatic carbocycles. The number of hydrogen-bond donors (Lipinski definition) is 1. The summed E-state index contributed by atoms with van der Waals surface area (Å²) in [5.74, 6) is 0.534. The van der Waals surface area contributed by atoms with E-state index in [1.807, 2.05) is 19.0 Å². The molecule has 88 valence electrons. The molecule has 1 heterocycles. The van der Waals surface area contributed by atoms with Crippen LogP contribution in [-0.4, -0.2) is 30.6 Å². The largest absolute Gasteiger partial charge is 0.511 e. The molecule has 1 aromatic heterocycles. The first-order chi connectivity index (χ1) is 7.41. The summed E-state index contributed by atoms with van der Waals surface area (Å²) >= 11 is 0. The van der Waals surface area contributed by atoms with E-state index in [0.717, 1.165) is 0 Å². The average Bonchev–Trinajstić information content (AvgIpc) is 2.12. The van der Waals surface area contributed by atoms with Crippen molar-refractivity contribution in [1.82, 2.24) is 4.90 Å². The third-order valence-corrected chi connectivity index (χ3v) is 2.23. The maximum absolute atomic E-state index is 11.7. The van der Waals surface area contributed by atoms with Gasteiger partial charge >= 0.3 is 0 Å². The molecule has 4 heteroatoms. The second kappa shape index (κ2) is 4.99. The Labute approximate surface area is 94.1 Å². The fourth-order valence-corrected chi connectivity index (χ4v) is 1.43. The highest BCUT2D eigenvalue weighted by Crippen LogP contribution is 1.94. The number of hydrogen-bond acceptors (Lipinski definition) is 4. The summed E-state index contributed by atoms with van der Waals surface area (Å²) in [6, 6.07) is 1.36. The van der Waals surface area contributed by atoms with E-state index in [2.05, 4.69) is 6.58 Å². The minimum atomic E-state index is -0.245. The molecule has 0 radical (unpaired) electrons. The molecule has 4 nitrogen and oxygen atoms in total. The SMILES string of the molecule is C=c1oc(C)cc(=O)c1=C(O)CCN(C)C. The Hall–Kier alpha value is -1.55. The first-order valence-electron chi connectivity index (χ1n) is 5.08. The first-order valence-corrected chi connectivity index (χ1v) is 5.08. The lowest BCUT2D eigenvalue weighted by Crippen LogP contribution is -2.40. The number of aliphatic hydroxyl groups is 1. The van der Waals surface area contributed by atoms with Crippen molar-refractivity contribution in [3.63, 3.8) is 0 Å². The molecule has 0 fully saturated rings. The summed E-state index contributed by atoms with van der Waals surface area (Å²) in [6.45, 7) is 5.97. The zero-order chi connectivity index (χ0) is 12.3. The van der Waals surface area contributed by atoms with Crippen LogP contribution in [0.1, 0.15) is 12.2 Å². The highest BCUT2D eigenvalue weighted by atomic mass is 16.3. The fraction of sp³-hybridized carbons (Fsp3) is 0.417. The van der Waals surface area contributed by atoms with Crippen LogP contribution in [0.15, 0.2) is 15.3 Å². The van der Waals surface area contributed by atoms with Crippen molar-refractivity contribution < 1.29 is 9.52 Å². The minimum absolute atomic E-state index is 0.0347. The van der Waals surface area contributed by atoms with Crippen molar-refractivity contribution in [3.8, 4) is 0 Å². The van der Waals surface area contributed by atoms with Crippen molar-refractivity contribution in [2.45, 2.75) is 13.3 Å². The fourth-order valence-electron chi connectivity index (χ4n) is 1.43. The van der Waals surface area contributed by atoms with Gasteiger partial charge < -0.3 is 14.4 Å². The summed E-state index contributed by atoms with van der Waals surface area (Å²) in [5.41, 5.74) is -0.0220. The molecule has 0 aromatic carbocycles. The van der Waals surface area contributed by atoms with E-state index in [1.165, 1.54) is 6.07 Å². The van der Waals surface area contributed by atoms with Gasteiger partial charge in [0.25, 0.3) is 0 Å². The molecule has 0 aliphatic heterocycles. The lowest BCUT2D eigenvalue weighted by Gasteiger charge is -2.08. The molecule has 0 saturated carbocycles. The Bertz CT molecular complexity index is 494. The van der Waals surface area contributed by atoms with Crippen LogP contribution in [0.2, 0.25) is 0 Å². The van der Waals surface area contributed by atoms with Gasteiger partial charge in [0.15, 0.2) is 5.43 Å². The predicted octanol–water partition coefficient (Wildman–Crippen LogP) is -0.0236. The van der Waals surface area contributed by atoms with Crippen molar-refractivity contribution >= 4 is 12.3 Å². The summed E-state index contributed by atoms with van der Waals surface area (Å²) in [4.78, 5) is 13.6. The van der Waals surface area contributed by atoms with Crippen molar-refractivity contribution in [1.29, 1.82) is 0 Å². The Kier molecular flexibility index (Phi) is 3.90. The summed E-state index contributed by atoms with van der Waals surface area (Å²) in [5, 5.41) is 10.00. The third kappa shape index (κ3) is 2.97. The lowest BCUT2D eigenvalue weighted by molar-refractivity contribution is 0.386. The first kappa shape index (κ1) is 12.5. The highest BCUT2D eigenvalue weighted by Gasteiger charge is 2.03. The second-order valence-corrected chi connectivity index (χ2v) is 4.02. The van der Waals surface area contributed by atoms with Gasteiger partial charge in [-0.2, -0.15) is 0 Å². The van der Waals surface area contributed by atoms with E-state index in [0.29, 0.717) is 18.7 Å². The van der Waals surface area contributed by atoms with Gasteiger partial charge in [-0.1, -0.05) is 6.58 Å². The van der Waals surface area contributed by atoms with E-state index in [1.54, 1.807) is 6.92 Å². The van der Waals surface area contributed by atoms with Gasteiger partial charge in [-0.15, -0.1) is 0 Å². The molecular formula is C12H17NO3. The van der Waals surface area contributed by atoms with Crippen molar-refractivity contribution in [3.05, 3.63) is 32.7 Å². The monoisotopic (exact) mass is 223 g/mol. The van der Waals surface area contributed by atoms with Crippen LogP contribution in [-0.2, 0) is 0 Å². The van der Waals surface area contributed by atoms with Gasteiger partial charge in [0.05, 0.1) is 0 Å². The van der Waals surface area contributed by atoms with Gasteiger partial charge in [0.1, 0.15) is 22.2 Å². The number of aliphatic hydroxyl groups excluding tert-OH is 1. The normalized spacial score (nSPS) is 13.0. The van der Waals surface area contributed by atoms with E-state index >= 15 is 0 Å². The molecule has 0 unspecified atom stereocenters. The molecule has 0 aliphatic rings. The topological polar surface area (TPSA) is 53.7 Å². The minimum Gasteiger partial charge on any atom is -0.511 e. The van der Waals surface area contributed by atoms with Crippen LogP contribution in [0.5, 0.6) is 0 Å². The van der Waals surface area contributed by atoms with Crippen molar-refractivity contribution in [2.75, 3.05) is 20.6 Å². The second-order valence-electron chi connectivity index (χ2n) is 4.02. The molecule has 1 aromatic rings. The molecular weight excluding hydrogens is 206 g/mol. The van der Waals surface area contributed by atoms with E-state index < -0.39 is 0 Å². The number of aryl methyl sites for hydroxylation is 1. The molecule has 1 N–H and O–H groups in total. The van der Waals surface area contributed by atoms with Gasteiger partial charge in [-0.25, -0.2) is 0 Å². The zero-order valence-electron chi connectivity index (χ0n) is 9.91. The van der Waals surface area contributed by atoms with Crippen LogP contribution in [0, 0.1) is 6.92 Å². The Morgan fingerprint density at radius 1 is 1.56 bits per heavy atom. The smallest absolute Gasteiger partial charge is 0.196 e. The van der Waals surface area contributed by atoms with Crippen LogP contribution in [0.4, 0.5) is 0 Å². The van der Waals surface area contributed by atoms with Crippen molar-refractivity contribution in [2.24, 2.45) is 0 Å². The summed E-state index contributed by atoms with van der Waals surface area (Å²) < 4.78 is 5.21. The van der Waals surface area contributed by atoms with Crippen LogP contribution >= 0.6 is 0 Å². The number of rotatable bonds is 3. The average molecular weight is 223 g/mol. The van der Waals surface area contributed by atoms with E-state index in [-0.39, 0.29) is 21.8 Å². The van der Waals surface area contributed by atoms with Gasteiger partial charge in [-0.05, 0) is 21.0 Å². The quantitative estimate of drug-likeness (QED) is 0.782. The van der Waals surface area contributed by atoms with Gasteiger partial charge in [0.2, 0.25) is 0 Å². The molecule has 0 amide bonds. The summed E-state index contributed by atoms with van der Waals surface area (Å²) in [6.07, 6.45) is 0.406.